The van der Waals surface area contributed by atoms with E-state index in [0.717, 1.165) is 56.4 Å². The van der Waals surface area contributed by atoms with Gasteiger partial charge in [-0.1, -0.05) is 12.1 Å². The molecule has 2 aromatic rings. The second kappa shape index (κ2) is 7.18. The Bertz CT molecular complexity index is 876. The second-order valence-electron chi connectivity index (χ2n) is 7.77. The molecule has 1 saturated heterocycles. The van der Waals surface area contributed by atoms with Gasteiger partial charge in [0.25, 0.3) is 5.91 Å². The van der Waals surface area contributed by atoms with Gasteiger partial charge in [0.1, 0.15) is 12.1 Å². The lowest BCUT2D eigenvalue weighted by Gasteiger charge is -2.26. The minimum absolute atomic E-state index is 0.107. The van der Waals surface area contributed by atoms with Crippen LogP contribution in [0.1, 0.15) is 64.9 Å². The third-order valence-electron chi connectivity index (χ3n) is 5.61. The monoisotopic (exact) mass is 366 g/mol. The lowest BCUT2D eigenvalue weighted by Crippen LogP contribution is -2.36. The van der Waals surface area contributed by atoms with E-state index in [0.29, 0.717) is 29.4 Å². The number of carbonyl (C=O) groups is 2. The lowest BCUT2D eigenvalue weighted by molar-refractivity contribution is 0.0720. The zero-order valence-electron chi connectivity index (χ0n) is 15.8. The minimum Gasteiger partial charge on any atom is -0.383 e. The number of nitrogens with zero attached hydrogens (tertiary/aromatic N) is 3. The van der Waals surface area contributed by atoms with E-state index in [1.165, 1.54) is 0 Å². The zero-order valence-corrected chi connectivity index (χ0v) is 15.8. The van der Waals surface area contributed by atoms with Crippen LogP contribution in [0.3, 0.4) is 0 Å². The van der Waals surface area contributed by atoms with Gasteiger partial charge < -0.3 is 10.6 Å². The predicted molar refractivity (Wildman–Crippen MR) is 104 cm³/mol. The molecule has 6 nitrogen and oxygen atoms in total. The Kier molecular flexibility index (Phi) is 4.72. The number of hydrogen-bond donors (Lipinski definition) is 1. The quantitative estimate of drug-likeness (QED) is 0.823. The highest BCUT2D eigenvalue weighted by Crippen LogP contribution is 2.34. The van der Waals surface area contributed by atoms with Crippen molar-refractivity contribution in [1.29, 1.82) is 0 Å². The summed E-state index contributed by atoms with van der Waals surface area (Å²) < 4.78 is 1.72. The molecule has 0 unspecified atom stereocenters. The maximum atomic E-state index is 12.8. The van der Waals surface area contributed by atoms with Gasteiger partial charge in [0.15, 0.2) is 11.5 Å². The summed E-state index contributed by atoms with van der Waals surface area (Å²) in [5.74, 6) is 0.946. The number of nitrogen functional groups attached to an aromatic ring is 1. The summed E-state index contributed by atoms with van der Waals surface area (Å²) in [6.07, 6.45) is 7.72. The van der Waals surface area contributed by atoms with Crippen molar-refractivity contribution in [1.82, 2.24) is 14.5 Å². The molecule has 142 valence electrons. The Morgan fingerprint density at radius 1 is 1.19 bits per heavy atom. The first-order valence-electron chi connectivity index (χ1n) is 9.81. The molecule has 1 amide bonds. The van der Waals surface area contributed by atoms with E-state index in [1.54, 1.807) is 10.9 Å². The van der Waals surface area contributed by atoms with Gasteiger partial charge in [-0.3, -0.25) is 14.2 Å². The molecule has 4 rings (SSSR count). The molecular formula is C21H26N4O2. The van der Waals surface area contributed by atoms with Crippen LogP contribution in [-0.4, -0.2) is 39.2 Å². The van der Waals surface area contributed by atoms with Crippen molar-refractivity contribution in [3.63, 3.8) is 0 Å². The molecule has 1 aromatic heterocycles. The minimum atomic E-state index is -0.107. The maximum absolute atomic E-state index is 12.8. The van der Waals surface area contributed by atoms with E-state index in [-0.39, 0.29) is 11.7 Å². The first-order chi connectivity index (χ1) is 13.0. The molecule has 2 fully saturated rings. The molecule has 1 aromatic carbocycles. The standard InChI is InChI=1S/C21H26N4O2/c1-14-5-8-16(18(26)11-15-6-7-15)12-17(14)25-13-23-19(20(25)22)21(27)24-9-3-2-4-10-24/h5,8,12-13,15H,2-4,6-7,9-11,22H2,1H3. The van der Waals surface area contributed by atoms with Crippen LogP contribution in [0.15, 0.2) is 24.5 Å². The number of aryl methyl sites for hydroxylation is 1. The molecule has 1 aliphatic heterocycles. The van der Waals surface area contributed by atoms with E-state index < -0.39 is 0 Å². The SMILES string of the molecule is Cc1ccc(C(=O)CC2CC2)cc1-n1cnc(C(=O)N2CCCCC2)c1N. The molecule has 1 aliphatic carbocycles. The lowest BCUT2D eigenvalue weighted by atomic mass is 10.0. The van der Waals surface area contributed by atoms with E-state index in [4.69, 9.17) is 5.73 Å². The van der Waals surface area contributed by atoms with Crippen molar-refractivity contribution < 1.29 is 9.59 Å². The van der Waals surface area contributed by atoms with Crippen LogP contribution in [0.2, 0.25) is 0 Å². The van der Waals surface area contributed by atoms with Crippen LogP contribution in [0.4, 0.5) is 5.82 Å². The summed E-state index contributed by atoms with van der Waals surface area (Å²) in [4.78, 5) is 31.4. The number of aromatic nitrogens is 2. The average molecular weight is 366 g/mol. The summed E-state index contributed by atoms with van der Waals surface area (Å²) in [5.41, 5.74) is 9.08. The van der Waals surface area contributed by atoms with Crippen LogP contribution in [0.25, 0.3) is 5.69 Å². The van der Waals surface area contributed by atoms with E-state index >= 15 is 0 Å². The van der Waals surface area contributed by atoms with Crippen LogP contribution in [0, 0.1) is 12.8 Å². The van der Waals surface area contributed by atoms with Gasteiger partial charge >= 0.3 is 0 Å². The Hall–Kier alpha value is -2.63. The van der Waals surface area contributed by atoms with Crippen molar-refractivity contribution in [2.75, 3.05) is 18.8 Å². The van der Waals surface area contributed by atoms with Gasteiger partial charge in [0.05, 0.1) is 5.69 Å². The number of piperidine rings is 1. The van der Waals surface area contributed by atoms with Crippen molar-refractivity contribution in [3.8, 4) is 5.69 Å². The Balaban J connectivity index is 1.62. The van der Waals surface area contributed by atoms with E-state index in [9.17, 15) is 9.59 Å². The Morgan fingerprint density at radius 2 is 1.93 bits per heavy atom. The highest BCUT2D eigenvalue weighted by Gasteiger charge is 2.26. The summed E-state index contributed by atoms with van der Waals surface area (Å²) in [6, 6.07) is 5.67. The molecule has 2 aliphatic rings. The summed E-state index contributed by atoms with van der Waals surface area (Å²) in [6.45, 7) is 3.49. The van der Waals surface area contributed by atoms with Gasteiger partial charge in [-0.25, -0.2) is 4.98 Å². The molecule has 2 heterocycles. The summed E-state index contributed by atoms with van der Waals surface area (Å²) in [5, 5.41) is 0. The number of rotatable bonds is 5. The molecule has 0 radical (unpaired) electrons. The number of Topliss-reactive ketones (excluding diaryl/α,β-unsaturated/α-hetero) is 1. The molecule has 6 heteroatoms. The zero-order chi connectivity index (χ0) is 19.0. The number of nitrogens with two attached hydrogens (primary N) is 1. The second-order valence-corrected chi connectivity index (χ2v) is 7.77. The van der Waals surface area contributed by atoms with Gasteiger partial charge in [0, 0.05) is 25.1 Å². The fourth-order valence-electron chi connectivity index (χ4n) is 3.71. The number of anilines is 1. The Morgan fingerprint density at radius 3 is 2.63 bits per heavy atom. The first-order valence-corrected chi connectivity index (χ1v) is 9.81. The molecular weight excluding hydrogens is 340 g/mol. The fraction of sp³-hybridized carbons (Fsp3) is 0.476. The Labute approximate surface area is 159 Å². The third kappa shape index (κ3) is 3.61. The summed E-state index contributed by atoms with van der Waals surface area (Å²) >= 11 is 0. The van der Waals surface area contributed by atoms with Crippen LogP contribution < -0.4 is 5.73 Å². The molecule has 2 N–H and O–H groups in total. The largest absolute Gasteiger partial charge is 0.383 e. The number of imidazole rings is 1. The van der Waals surface area contributed by atoms with Crippen molar-refractivity contribution >= 4 is 17.5 Å². The van der Waals surface area contributed by atoms with E-state index in [1.807, 2.05) is 30.0 Å². The van der Waals surface area contributed by atoms with Crippen molar-refractivity contribution in [2.45, 2.75) is 45.4 Å². The van der Waals surface area contributed by atoms with Crippen molar-refractivity contribution in [3.05, 3.63) is 41.3 Å². The molecule has 1 saturated carbocycles. The number of likely N-dealkylation sites (tertiary alicyclic amines) is 1. The maximum Gasteiger partial charge on any atom is 0.276 e. The van der Waals surface area contributed by atoms with Gasteiger partial charge in [-0.2, -0.15) is 0 Å². The number of hydrogen-bond acceptors (Lipinski definition) is 4. The van der Waals surface area contributed by atoms with Gasteiger partial charge in [-0.15, -0.1) is 0 Å². The average Bonchev–Trinajstić information content (AvgIpc) is 3.42. The number of carbonyl (C=O) groups excluding carboxylic acids is 2. The van der Waals surface area contributed by atoms with Crippen molar-refractivity contribution in [2.24, 2.45) is 5.92 Å². The van der Waals surface area contributed by atoms with Crippen LogP contribution >= 0.6 is 0 Å². The number of amides is 1. The molecule has 0 spiro atoms. The fourth-order valence-corrected chi connectivity index (χ4v) is 3.71. The number of benzene rings is 1. The topological polar surface area (TPSA) is 81.2 Å². The van der Waals surface area contributed by atoms with Crippen LogP contribution in [-0.2, 0) is 0 Å². The van der Waals surface area contributed by atoms with Crippen LogP contribution in [0.5, 0.6) is 0 Å². The third-order valence-corrected chi connectivity index (χ3v) is 5.61. The summed E-state index contributed by atoms with van der Waals surface area (Å²) in [7, 11) is 0. The molecule has 27 heavy (non-hydrogen) atoms. The highest BCUT2D eigenvalue weighted by atomic mass is 16.2. The van der Waals surface area contributed by atoms with E-state index in [2.05, 4.69) is 4.98 Å². The first kappa shape index (κ1) is 17.8. The predicted octanol–water partition coefficient (Wildman–Crippen LogP) is 3.37. The number of ketones is 1. The molecule has 0 bridgehead atoms. The van der Waals surface area contributed by atoms with Gasteiger partial charge in [0.2, 0.25) is 0 Å². The smallest absolute Gasteiger partial charge is 0.276 e. The highest BCUT2D eigenvalue weighted by molar-refractivity contribution is 5.98. The van der Waals surface area contributed by atoms with Gasteiger partial charge in [-0.05, 0) is 56.6 Å². The molecule has 0 atom stereocenters. The normalized spacial score (nSPS) is 17.1.